The van der Waals surface area contributed by atoms with E-state index in [1.54, 1.807) is 48.5 Å². The molecule has 0 spiro atoms. The van der Waals surface area contributed by atoms with Gasteiger partial charge in [0, 0.05) is 33.9 Å². The summed E-state index contributed by atoms with van der Waals surface area (Å²) in [5.74, 6) is -0.0278. The molecule has 5 nitrogen and oxygen atoms in total. The number of ketones is 1. The number of benzene rings is 4. The summed E-state index contributed by atoms with van der Waals surface area (Å²) in [5, 5.41) is 0. The molecular weight excluding hydrogens is 372 g/mol. The van der Waals surface area contributed by atoms with Crippen molar-refractivity contribution in [2.24, 2.45) is 0 Å². The Morgan fingerprint density at radius 2 is 0.633 bits per heavy atom. The number of rotatable bonds is 3. The predicted molar refractivity (Wildman–Crippen MR) is 126 cm³/mol. The van der Waals surface area contributed by atoms with E-state index in [9.17, 15) is 4.79 Å². The first kappa shape index (κ1) is 20.5. The minimum absolute atomic E-state index is 0.0278. The molecule has 0 aliphatic heterocycles. The Morgan fingerprint density at radius 1 is 0.400 bits per heavy atom. The lowest BCUT2D eigenvalue weighted by Crippen LogP contribution is -2.01. The molecule has 0 atom stereocenters. The van der Waals surface area contributed by atoms with E-state index < -0.39 is 0 Å². The van der Waals surface area contributed by atoms with Gasteiger partial charge >= 0.3 is 0 Å². The molecule has 8 N–H and O–H groups in total. The summed E-state index contributed by atoms with van der Waals surface area (Å²) in [6.07, 6.45) is 0. The molecule has 0 saturated carbocycles. The molecular formula is C25H24N4O. The fourth-order valence-electron chi connectivity index (χ4n) is 2.79. The summed E-state index contributed by atoms with van der Waals surface area (Å²) in [5.41, 5.74) is 28.7. The topological polar surface area (TPSA) is 121 Å². The number of nitrogen functional groups attached to an aromatic ring is 4. The van der Waals surface area contributed by atoms with Gasteiger partial charge in [0.15, 0.2) is 5.78 Å². The van der Waals surface area contributed by atoms with Gasteiger partial charge in [-0.3, -0.25) is 4.79 Å². The van der Waals surface area contributed by atoms with Crippen LogP contribution in [-0.4, -0.2) is 5.78 Å². The molecule has 4 aromatic rings. The van der Waals surface area contributed by atoms with Crippen LogP contribution >= 0.6 is 0 Å². The van der Waals surface area contributed by atoms with E-state index in [1.165, 1.54) is 0 Å². The van der Waals surface area contributed by atoms with E-state index in [0.717, 1.165) is 22.5 Å². The number of carbonyl (C=O) groups excluding carboxylic acids is 1. The standard InChI is InChI=1S/C13H12N2O.C12H12N2/c14-11-5-1-9(2-6-11)13(16)10-3-7-12(15)8-4-10;13-11-5-1-9(2-6-11)10-3-7-12(14)8-4-10/h1-8H,14-15H2;1-8H,13-14H2. The fraction of sp³-hybridized carbons (Fsp3) is 0. The van der Waals surface area contributed by atoms with Crippen molar-refractivity contribution in [2.75, 3.05) is 22.9 Å². The highest BCUT2D eigenvalue weighted by Crippen LogP contribution is 2.21. The Balaban J connectivity index is 0.000000172. The molecule has 0 bridgehead atoms. The van der Waals surface area contributed by atoms with Crippen LogP contribution in [-0.2, 0) is 0 Å². The van der Waals surface area contributed by atoms with Crippen molar-refractivity contribution in [1.82, 2.24) is 0 Å². The molecule has 30 heavy (non-hydrogen) atoms. The van der Waals surface area contributed by atoms with Gasteiger partial charge in [-0.25, -0.2) is 0 Å². The minimum atomic E-state index is -0.0278. The average Bonchev–Trinajstić information content (AvgIpc) is 2.76. The first-order chi connectivity index (χ1) is 14.4. The van der Waals surface area contributed by atoms with E-state index in [-0.39, 0.29) is 5.78 Å². The maximum atomic E-state index is 12.0. The Morgan fingerprint density at radius 3 is 0.900 bits per heavy atom. The van der Waals surface area contributed by atoms with Gasteiger partial charge < -0.3 is 22.9 Å². The van der Waals surface area contributed by atoms with E-state index in [1.807, 2.05) is 48.5 Å². The Kier molecular flexibility index (Phi) is 6.35. The van der Waals surface area contributed by atoms with E-state index >= 15 is 0 Å². The predicted octanol–water partition coefficient (Wildman–Crippen LogP) is 4.60. The first-order valence-electron chi connectivity index (χ1n) is 9.39. The van der Waals surface area contributed by atoms with Crippen LogP contribution < -0.4 is 22.9 Å². The lowest BCUT2D eigenvalue weighted by molar-refractivity contribution is 0.103. The van der Waals surface area contributed by atoms with Crippen molar-refractivity contribution in [3.05, 3.63) is 108 Å². The zero-order valence-corrected chi connectivity index (χ0v) is 16.5. The molecule has 0 amide bonds. The van der Waals surface area contributed by atoms with Gasteiger partial charge in [-0.05, 0) is 83.9 Å². The molecule has 0 fully saturated rings. The van der Waals surface area contributed by atoms with Gasteiger partial charge in [0.05, 0.1) is 0 Å². The second-order valence-electron chi connectivity index (χ2n) is 6.82. The van der Waals surface area contributed by atoms with E-state index in [2.05, 4.69) is 0 Å². The van der Waals surface area contributed by atoms with Crippen molar-refractivity contribution >= 4 is 28.5 Å². The highest BCUT2D eigenvalue weighted by atomic mass is 16.1. The molecule has 4 aromatic carbocycles. The van der Waals surface area contributed by atoms with Crippen LogP contribution in [0.3, 0.4) is 0 Å². The molecule has 0 saturated heterocycles. The van der Waals surface area contributed by atoms with Crippen molar-refractivity contribution in [3.8, 4) is 11.1 Å². The van der Waals surface area contributed by atoms with Crippen LogP contribution in [0.4, 0.5) is 22.7 Å². The van der Waals surface area contributed by atoms with Crippen molar-refractivity contribution in [2.45, 2.75) is 0 Å². The van der Waals surface area contributed by atoms with Crippen LogP contribution in [0.25, 0.3) is 11.1 Å². The highest BCUT2D eigenvalue weighted by molar-refractivity contribution is 6.09. The lowest BCUT2D eigenvalue weighted by atomic mass is 10.0. The fourth-order valence-corrected chi connectivity index (χ4v) is 2.79. The molecule has 5 heteroatoms. The van der Waals surface area contributed by atoms with Gasteiger partial charge in [-0.2, -0.15) is 0 Å². The lowest BCUT2D eigenvalue weighted by Gasteiger charge is -2.02. The van der Waals surface area contributed by atoms with Crippen molar-refractivity contribution in [3.63, 3.8) is 0 Å². The van der Waals surface area contributed by atoms with Crippen LogP contribution in [0.5, 0.6) is 0 Å². The summed E-state index contributed by atoms with van der Waals surface area (Å²) in [7, 11) is 0. The molecule has 0 aliphatic rings. The molecule has 4 rings (SSSR count). The summed E-state index contributed by atoms with van der Waals surface area (Å²) in [4.78, 5) is 12.0. The van der Waals surface area contributed by atoms with Gasteiger partial charge in [-0.1, -0.05) is 24.3 Å². The highest BCUT2D eigenvalue weighted by Gasteiger charge is 2.07. The van der Waals surface area contributed by atoms with Gasteiger partial charge in [0.1, 0.15) is 0 Å². The molecule has 0 aromatic heterocycles. The molecule has 0 aliphatic carbocycles. The normalized spacial score (nSPS) is 10.0. The third-order valence-corrected chi connectivity index (χ3v) is 4.50. The average molecular weight is 396 g/mol. The van der Waals surface area contributed by atoms with Gasteiger partial charge in [0.25, 0.3) is 0 Å². The largest absolute Gasteiger partial charge is 0.399 e. The van der Waals surface area contributed by atoms with Crippen LogP contribution in [0.2, 0.25) is 0 Å². The summed E-state index contributed by atoms with van der Waals surface area (Å²) >= 11 is 0. The Hall–Kier alpha value is -4.25. The van der Waals surface area contributed by atoms with Crippen LogP contribution in [0, 0.1) is 0 Å². The summed E-state index contributed by atoms with van der Waals surface area (Å²) < 4.78 is 0. The Labute approximate surface area is 175 Å². The van der Waals surface area contributed by atoms with Gasteiger partial charge in [-0.15, -0.1) is 0 Å². The first-order valence-corrected chi connectivity index (χ1v) is 9.39. The third kappa shape index (κ3) is 5.39. The van der Waals surface area contributed by atoms with Crippen molar-refractivity contribution in [1.29, 1.82) is 0 Å². The quantitative estimate of drug-likeness (QED) is 0.298. The third-order valence-electron chi connectivity index (χ3n) is 4.50. The molecule has 0 unspecified atom stereocenters. The zero-order valence-electron chi connectivity index (χ0n) is 16.5. The maximum Gasteiger partial charge on any atom is 0.193 e. The van der Waals surface area contributed by atoms with E-state index in [0.29, 0.717) is 22.5 Å². The second kappa shape index (κ2) is 9.30. The van der Waals surface area contributed by atoms with E-state index in [4.69, 9.17) is 22.9 Å². The molecule has 0 radical (unpaired) electrons. The Bertz CT molecular complexity index is 1010. The number of hydrogen-bond donors (Lipinski definition) is 4. The second-order valence-corrected chi connectivity index (χ2v) is 6.82. The smallest absolute Gasteiger partial charge is 0.193 e. The molecule has 150 valence electrons. The summed E-state index contributed by atoms with van der Waals surface area (Å²) in [6.45, 7) is 0. The summed E-state index contributed by atoms with van der Waals surface area (Å²) in [6, 6.07) is 29.3. The molecule has 0 heterocycles. The minimum Gasteiger partial charge on any atom is -0.399 e. The number of nitrogens with two attached hydrogens (primary N) is 4. The maximum absolute atomic E-state index is 12.0. The monoisotopic (exact) mass is 396 g/mol. The number of carbonyl (C=O) groups is 1. The van der Waals surface area contributed by atoms with Crippen molar-refractivity contribution < 1.29 is 4.79 Å². The number of anilines is 4. The SMILES string of the molecule is Nc1ccc(-c2ccc(N)cc2)cc1.Nc1ccc(C(=O)c2ccc(N)cc2)cc1. The number of hydrogen-bond acceptors (Lipinski definition) is 5. The van der Waals surface area contributed by atoms with Crippen LogP contribution in [0.1, 0.15) is 15.9 Å². The van der Waals surface area contributed by atoms with Crippen LogP contribution in [0.15, 0.2) is 97.1 Å². The van der Waals surface area contributed by atoms with Gasteiger partial charge in [0.2, 0.25) is 0 Å². The zero-order chi connectivity index (χ0) is 21.5.